The van der Waals surface area contributed by atoms with Crippen LogP contribution < -0.4 is 5.32 Å². The van der Waals surface area contributed by atoms with Gasteiger partial charge in [0.15, 0.2) is 11.4 Å². The number of rotatable bonds is 5. The Balaban J connectivity index is 1.31. The van der Waals surface area contributed by atoms with Gasteiger partial charge in [0.1, 0.15) is 5.76 Å². The van der Waals surface area contributed by atoms with Crippen LogP contribution in [-0.2, 0) is 28.9 Å². The average molecular weight is 446 g/mol. The van der Waals surface area contributed by atoms with Crippen molar-refractivity contribution in [3.63, 3.8) is 0 Å². The van der Waals surface area contributed by atoms with Crippen LogP contribution in [0.5, 0.6) is 0 Å². The maximum atomic E-state index is 15.0. The molecule has 3 aliphatic rings. The van der Waals surface area contributed by atoms with Gasteiger partial charge in [-0.2, -0.15) is 5.10 Å². The second-order valence-electron chi connectivity index (χ2n) is 8.88. The zero-order chi connectivity index (χ0) is 22.5. The Morgan fingerprint density at radius 3 is 2.91 bits per heavy atom. The van der Waals surface area contributed by atoms with E-state index in [0.717, 1.165) is 47.6 Å². The summed E-state index contributed by atoms with van der Waals surface area (Å²) < 4.78 is 32.7. The summed E-state index contributed by atoms with van der Waals surface area (Å²) in [6, 6.07) is 0. The van der Waals surface area contributed by atoms with E-state index in [-0.39, 0.29) is 31.6 Å². The largest absolute Gasteiger partial charge is 0.455 e. The van der Waals surface area contributed by atoms with Gasteiger partial charge >= 0.3 is 6.09 Å². The molecule has 2 amide bonds. The molecule has 1 aliphatic carbocycles. The van der Waals surface area contributed by atoms with Gasteiger partial charge in [0.25, 0.3) is 5.91 Å². The van der Waals surface area contributed by atoms with Crippen LogP contribution in [0.3, 0.4) is 0 Å². The zero-order valence-electron chi connectivity index (χ0n) is 18.3. The summed E-state index contributed by atoms with van der Waals surface area (Å²) in [7, 11) is 1.28. The summed E-state index contributed by atoms with van der Waals surface area (Å²) >= 11 is 0. The van der Waals surface area contributed by atoms with Crippen molar-refractivity contribution < 1.29 is 27.9 Å². The van der Waals surface area contributed by atoms with Gasteiger partial charge in [-0.05, 0) is 31.7 Å². The molecule has 10 heteroatoms. The minimum Gasteiger partial charge on any atom is -0.455 e. The van der Waals surface area contributed by atoms with Gasteiger partial charge in [-0.3, -0.25) is 9.48 Å². The van der Waals surface area contributed by atoms with Crippen molar-refractivity contribution in [2.75, 3.05) is 33.4 Å². The van der Waals surface area contributed by atoms with E-state index in [1.807, 2.05) is 13.1 Å². The molecule has 1 N–H and O–H groups in total. The first kappa shape index (κ1) is 21.0. The minimum absolute atomic E-state index is 0.0186. The van der Waals surface area contributed by atoms with Crippen molar-refractivity contribution in [1.82, 2.24) is 20.0 Å². The van der Waals surface area contributed by atoms with Gasteiger partial charge in [-0.25, -0.2) is 9.18 Å². The Bertz CT molecular complexity index is 1050. The number of aryl methyl sites for hydroxylation is 2. The molecule has 172 valence electrons. The summed E-state index contributed by atoms with van der Waals surface area (Å²) in [6.07, 6.45) is 4.71. The molecule has 2 aliphatic heterocycles. The van der Waals surface area contributed by atoms with Gasteiger partial charge in [0.2, 0.25) is 0 Å². The maximum Gasteiger partial charge on any atom is 0.409 e. The molecule has 0 bridgehead atoms. The van der Waals surface area contributed by atoms with Crippen LogP contribution in [0, 0.1) is 6.92 Å². The van der Waals surface area contributed by atoms with Crippen molar-refractivity contribution in [3.05, 3.63) is 28.8 Å². The van der Waals surface area contributed by atoms with Gasteiger partial charge in [-0.15, -0.1) is 0 Å². The third kappa shape index (κ3) is 3.66. The number of fused-ring (bicyclic) bond motifs is 3. The van der Waals surface area contributed by atoms with Crippen LogP contribution in [0.4, 0.5) is 9.18 Å². The Kier molecular flexibility index (Phi) is 5.19. The first-order chi connectivity index (χ1) is 15.4. The number of halogens is 1. The lowest BCUT2D eigenvalue weighted by Gasteiger charge is -2.43. The number of methoxy groups -OCH3 is 1. The van der Waals surface area contributed by atoms with Crippen LogP contribution in [0.2, 0.25) is 0 Å². The van der Waals surface area contributed by atoms with Crippen LogP contribution in [0.1, 0.15) is 40.3 Å². The molecular weight excluding hydrogens is 419 g/mol. The van der Waals surface area contributed by atoms with Crippen molar-refractivity contribution in [1.29, 1.82) is 0 Å². The number of amides is 2. The van der Waals surface area contributed by atoms with Crippen LogP contribution in [0.15, 0.2) is 10.6 Å². The van der Waals surface area contributed by atoms with E-state index in [9.17, 15) is 9.59 Å². The number of hydrogen-bond donors (Lipinski definition) is 1. The fourth-order valence-corrected chi connectivity index (χ4v) is 4.84. The first-order valence-electron chi connectivity index (χ1n) is 11.0. The van der Waals surface area contributed by atoms with Crippen molar-refractivity contribution in [2.24, 2.45) is 0 Å². The normalized spacial score (nSPS) is 21.0. The summed E-state index contributed by atoms with van der Waals surface area (Å²) in [5, 5.41) is 7.53. The van der Waals surface area contributed by atoms with E-state index < -0.39 is 11.8 Å². The van der Waals surface area contributed by atoms with E-state index in [1.54, 1.807) is 4.68 Å². The highest BCUT2D eigenvalue weighted by Crippen LogP contribution is 2.39. The molecular formula is C22H27FN4O5. The van der Waals surface area contributed by atoms with E-state index in [0.29, 0.717) is 25.1 Å². The molecule has 0 aromatic carbocycles. The van der Waals surface area contributed by atoms with Gasteiger partial charge in [0, 0.05) is 36.9 Å². The molecule has 9 nitrogen and oxygen atoms in total. The summed E-state index contributed by atoms with van der Waals surface area (Å²) in [5.74, 6) is 0.775. The second kappa shape index (κ2) is 7.91. The number of aromatic nitrogens is 2. The average Bonchev–Trinajstić information content (AvgIpc) is 3.48. The topological polar surface area (TPSA) is 98.8 Å². The summed E-state index contributed by atoms with van der Waals surface area (Å²) in [5.41, 5.74) is 1.76. The number of carbonyl (C=O) groups is 2. The van der Waals surface area contributed by atoms with Gasteiger partial charge in [0.05, 0.1) is 38.5 Å². The molecule has 1 unspecified atom stereocenters. The highest BCUT2D eigenvalue weighted by atomic mass is 19.1. The van der Waals surface area contributed by atoms with Gasteiger partial charge < -0.3 is 24.1 Å². The Morgan fingerprint density at radius 2 is 2.19 bits per heavy atom. The predicted octanol–water partition coefficient (Wildman–Crippen LogP) is 2.25. The van der Waals surface area contributed by atoms with Crippen LogP contribution in [0.25, 0.3) is 11.3 Å². The Morgan fingerprint density at radius 1 is 1.38 bits per heavy atom. The lowest BCUT2D eigenvalue weighted by atomic mass is 9.93. The molecule has 0 spiro atoms. The lowest BCUT2D eigenvalue weighted by Crippen LogP contribution is -2.62. The Hall–Kier alpha value is -2.88. The quantitative estimate of drug-likeness (QED) is 0.757. The standard InChI is InChI=1S/C22H27FN4O5/c1-13-17-16(32-19(13)20(28)24-8-15-4-3-7-31-15)6-5-14-9-27(25-18(14)17)12-22(23)10-26(11-22)21(29)30-2/h9,15H,3-8,10-12H2,1-2H3,(H,24,28). The number of furan rings is 1. The third-order valence-corrected chi connectivity index (χ3v) is 6.46. The number of ether oxygens (including phenoxy) is 2. The monoisotopic (exact) mass is 446 g/mol. The van der Waals surface area contributed by atoms with Crippen molar-refractivity contribution >= 4 is 12.0 Å². The van der Waals surface area contributed by atoms with E-state index in [1.165, 1.54) is 12.0 Å². The fourth-order valence-electron chi connectivity index (χ4n) is 4.84. The molecule has 2 saturated heterocycles. The molecule has 1 atom stereocenters. The molecule has 0 radical (unpaired) electrons. The van der Waals surface area contributed by atoms with Crippen LogP contribution >= 0.6 is 0 Å². The number of nitrogens with zero attached hydrogens (tertiary/aromatic N) is 3. The van der Waals surface area contributed by atoms with Crippen molar-refractivity contribution in [3.8, 4) is 11.3 Å². The number of nitrogens with one attached hydrogen (secondary N) is 1. The lowest BCUT2D eigenvalue weighted by molar-refractivity contribution is -0.0371. The Labute approximate surface area is 184 Å². The molecule has 2 fully saturated rings. The molecule has 4 heterocycles. The highest BCUT2D eigenvalue weighted by Gasteiger charge is 2.47. The van der Waals surface area contributed by atoms with E-state index in [4.69, 9.17) is 9.15 Å². The highest BCUT2D eigenvalue weighted by molar-refractivity contribution is 5.95. The first-order valence-corrected chi connectivity index (χ1v) is 11.0. The number of alkyl halides is 1. The number of likely N-dealkylation sites (tertiary alicyclic amines) is 1. The molecule has 32 heavy (non-hydrogen) atoms. The van der Waals surface area contributed by atoms with Crippen LogP contribution in [-0.4, -0.2) is 71.8 Å². The third-order valence-electron chi connectivity index (χ3n) is 6.46. The second-order valence-corrected chi connectivity index (χ2v) is 8.88. The SMILES string of the molecule is COC(=O)N1CC(F)(Cn2cc3c(n2)-c2c(oc(C(=O)NCC4CCCO4)c2C)CC3)C1. The molecule has 0 saturated carbocycles. The maximum absolute atomic E-state index is 15.0. The van der Waals surface area contributed by atoms with Crippen molar-refractivity contribution in [2.45, 2.75) is 50.9 Å². The zero-order valence-corrected chi connectivity index (χ0v) is 18.3. The predicted molar refractivity (Wildman–Crippen MR) is 111 cm³/mol. The fraction of sp³-hybridized carbons (Fsp3) is 0.591. The number of carbonyl (C=O) groups excluding carboxylic acids is 2. The van der Waals surface area contributed by atoms with E-state index in [2.05, 4.69) is 15.2 Å². The van der Waals surface area contributed by atoms with E-state index >= 15 is 4.39 Å². The van der Waals surface area contributed by atoms with Gasteiger partial charge in [-0.1, -0.05) is 0 Å². The molecule has 2 aromatic heterocycles. The minimum atomic E-state index is -1.54. The molecule has 2 aromatic rings. The summed E-state index contributed by atoms with van der Waals surface area (Å²) in [4.78, 5) is 25.6. The summed E-state index contributed by atoms with van der Waals surface area (Å²) in [6.45, 7) is 3.07. The smallest absolute Gasteiger partial charge is 0.409 e. The molecule has 5 rings (SSSR count). The number of hydrogen-bond acceptors (Lipinski definition) is 6.